The predicted octanol–water partition coefficient (Wildman–Crippen LogP) is 13.8. The van der Waals surface area contributed by atoms with Crippen molar-refractivity contribution in [1.82, 2.24) is 0 Å². The van der Waals surface area contributed by atoms with E-state index in [2.05, 4.69) is 206 Å². The first-order valence-corrected chi connectivity index (χ1v) is 17.5. The van der Waals surface area contributed by atoms with E-state index in [4.69, 9.17) is 0 Å². The first-order valence-electron chi connectivity index (χ1n) is 16.7. The molecule has 0 bridgehead atoms. The minimum absolute atomic E-state index is 1.20. The van der Waals surface area contributed by atoms with Gasteiger partial charge in [-0.15, -0.1) is 0 Å². The summed E-state index contributed by atoms with van der Waals surface area (Å²) in [6.07, 6.45) is 0. The maximum absolute atomic E-state index is 2.32. The standard InChI is InChI=1S/C48H34S/c1-7-19-35(20-8-1)41-31-33-43(47(39-27-15-5-16-28-39)45(41)37-23-11-3-12-24-37)49-44-34-32-42(36-21-9-2-10-22-36)46(38-25-13-4-14-26-38)48(44)40-29-17-6-18-30-40/h1-34H. The molecule has 0 saturated heterocycles. The monoisotopic (exact) mass is 642 g/mol. The van der Waals surface area contributed by atoms with Crippen LogP contribution in [0.1, 0.15) is 0 Å². The summed E-state index contributed by atoms with van der Waals surface area (Å²) in [7, 11) is 0. The van der Waals surface area contributed by atoms with Gasteiger partial charge < -0.3 is 0 Å². The van der Waals surface area contributed by atoms with Crippen molar-refractivity contribution in [2.24, 2.45) is 0 Å². The topological polar surface area (TPSA) is 0 Å². The summed E-state index contributed by atoms with van der Waals surface area (Å²) >= 11 is 1.86. The van der Waals surface area contributed by atoms with Crippen molar-refractivity contribution >= 4 is 11.8 Å². The Hall–Kier alpha value is -5.89. The van der Waals surface area contributed by atoms with Crippen molar-refractivity contribution in [3.8, 4) is 66.8 Å². The smallest absolute Gasteiger partial charge is 0.0207 e. The molecule has 0 aliphatic carbocycles. The lowest BCUT2D eigenvalue weighted by Crippen LogP contribution is -1.96. The number of hydrogen-bond donors (Lipinski definition) is 0. The van der Waals surface area contributed by atoms with Gasteiger partial charge in [-0.1, -0.05) is 206 Å². The zero-order chi connectivity index (χ0) is 32.8. The summed E-state index contributed by atoms with van der Waals surface area (Å²) in [6.45, 7) is 0. The average molecular weight is 643 g/mol. The van der Waals surface area contributed by atoms with E-state index in [0.717, 1.165) is 0 Å². The Kier molecular flexibility index (Phi) is 8.74. The SMILES string of the molecule is c1ccc(-c2ccc(Sc3ccc(-c4ccccc4)c(-c4ccccc4)c3-c3ccccc3)c(-c3ccccc3)c2-c2ccccc2)cc1. The highest BCUT2D eigenvalue weighted by atomic mass is 32.2. The van der Waals surface area contributed by atoms with Crippen molar-refractivity contribution in [2.75, 3.05) is 0 Å². The molecule has 0 aromatic heterocycles. The van der Waals surface area contributed by atoms with Crippen LogP contribution in [0.5, 0.6) is 0 Å². The second-order valence-electron chi connectivity index (χ2n) is 12.0. The van der Waals surface area contributed by atoms with Crippen molar-refractivity contribution in [2.45, 2.75) is 9.79 Å². The molecule has 0 spiro atoms. The average Bonchev–Trinajstić information content (AvgIpc) is 3.19. The first kappa shape index (κ1) is 30.4. The van der Waals surface area contributed by atoms with E-state index in [-0.39, 0.29) is 0 Å². The fourth-order valence-electron chi connectivity index (χ4n) is 6.76. The predicted molar refractivity (Wildman–Crippen MR) is 210 cm³/mol. The molecule has 49 heavy (non-hydrogen) atoms. The Morgan fingerprint density at radius 3 is 0.735 bits per heavy atom. The van der Waals surface area contributed by atoms with Gasteiger partial charge >= 0.3 is 0 Å². The van der Waals surface area contributed by atoms with E-state index in [0.29, 0.717) is 0 Å². The molecule has 0 nitrogen and oxygen atoms in total. The van der Waals surface area contributed by atoms with E-state index in [9.17, 15) is 0 Å². The Bertz CT molecular complexity index is 2130. The van der Waals surface area contributed by atoms with Gasteiger partial charge in [-0.05, 0) is 67.8 Å². The molecule has 0 N–H and O–H groups in total. The zero-order valence-corrected chi connectivity index (χ0v) is 27.9. The lowest BCUT2D eigenvalue weighted by Gasteiger charge is -2.23. The molecule has 0 saturated carbocycles. The Morgan fingerprint density at radius 1 is 0.204 bits per heavy atom. The van der Waals surface area contributed by atoms with Gasteiger partial charge in [-0.2, -0.15) is 0 Å². The molecule has 0 heterocycles. The van der Waals surface area contributed by atoms with Gasteiger partial charge in [-0.25, -0.2) is 0 Å². The van der Waals surface area contributed by atoms with Crippen LogP contribution in [0, 0.1) is 0 Å². The summed E-state index contributed by atoms with van der Waals surface area (Å²) < 4.78 is 0. The van der Waals surface area contributed by atoms with Crippen LogP contribution < -0.4 is 0 Å². The van der Waals surface area contributed by atoms with Gasteiger partial charge in [0.2, 0.25) is 0 Å². The second-order valence-corrected chi connectivity index (χ2v) is 13.1. The van der Waals surface area contributed by atoms with Crippen LogP contribution in [0.4, 0.5) is 0 Å². The minimum Gasteiger partial charge on any atom is -0.0887 e. The second kappa shape index (κ2) is 14.1. The van der Waals surface area contributed by atoms with Crippen LogP contribution in [0.25, 0.3) is 66.8 Å². The van der Waals surface area contributed by atoms with Gasteiger partial charge in [0.25, 0.3) is 0 Å². The van der Waals surface area contributed by atoms with E-state index in [1.54, 1.807) is 0 Å². The van der Waals surface area contributed by atoms with E-state index in [1.807, 2.05) is 11.8 Å². The van der Waals surface area contributed by atoms with E-state index < -0.39 is 0 Å². The molecule has 0 amide bonds. The fraction of sp³-hybridized carbons (Fsp3) is 0. The highest BCUT2D eigenvalue weighted by molar-refractivity contribution is 7.99. The van der Waals surface area contributed by atoms with Gasteiger partial charge in [0, 0.05) is 20.9 Å². The summed E-state index contributed by atoms with van der Waals surface area (Å²) in [6, 6.07) is 74.2. The van der Waals surface area contributed by atoms with E-state index in [1.165, 1.54) is 76.6 Å². The fourth-order valence-corrected chi connectivity index (χ4v) is 7.92. The quantitative estimate of drug-likeness (QED) is 0.159. The van der Waals surface area contributed by atoms with E-state index >= 15 is 0 Å². The third-order valence-electron chi connectivity index (χ3n) is 8.97. The molecule has 0 aliphatic heterocycles. The Balaban J connectivity index is 1.42. The molecule has 0 unspecified atom stereocenters. The lowest BCUT2D eigenvalue weighted by atomic mass is 9.87. The highest BCUT2D eigenvalue weighted by Gasteiger charge is 2.23. The molecular formula is C48H34S. The van der Waals surface area contributed by atoms with Gasteiger partial charge in [0.1, 0.15) is 0 Å². The van der Waals surface area contributed by atoms with Crippen molar-refractivity contribution in [3.05, 3.63) is 206 Å². The van der Waals surface area contributed by atoms with Gasteiger partial charge in [0.05, 0.1) is 0 Å². The maximum Gasteiger partial charge on any atom is 0.0207 e. The molecule has 0 atom stereocenters. The third-order valence-corrected chi connectivity index (χ3v) is 10.1. The minimum atomic E-state index is 1.20. The van der Waals surface area contributed by atoms with Crippen LogP contribution >= 0.6 is 11.8 Å². The number of hydrogen-bond acceptors (Lipinski definition) is 1. The normalized spacial score (nSPS) is 10.9. The summed E-state index contributed by atoms with van der Waals surface area (Å²) in [5.74, 6) is 0. The Morgan fingerprint density at radius 2 is 0.449 bits per heavy atom. The molecule has 8 aromatic carbocycles. The maximum atomic E-state index is 2.32. The molecular weight excluding hydrogens is 609 g/mol. The number of benzene rings is 8. The largest absolute Gasteiger partial charge is 0.0887 e. The molecule has 8 rings (SSSR count). The van der Waals surface area contributed by atoms with Gasteiger partial charge in [0.15, 0.2) is 0 Å². The summed E-state index contributed by atoms with van der Waals surface area (Å²) in [5.41, 5.74) is 14.6. The van der Waals surface area contributed by atoms with Crippen molar-refractivity contribution in [3.63, 3.8) is 0 Å². The van der Waals surface area contributed by atoms with Crippen LogP contribution in [0.2, 0.25) is 0 Å². The molecule has 0 fully saturated rings. The number of rotatable bonds is 8. The highest BCUT2D eigenvalue weighted by Crippen LogP contribution is 2.51. The van der Waals surface area contributed by atoms with Crippen LogP contribution in [-0.4, -0.2) is 0 Å². The molecule has 232 valence electrons. The Labute approximate surface area is 293 Å². The third kappa shape index (κ3) is 6.25. The molecule has 0 aliphatic rings. The van der Waals surface area contributed by atoms with Crippen molar-refractivity contribution in [1.29, 1.82) is 0 Å². The molecule has 1 heteroatoms. The summed E-state index contributed by atoms with van der Waals surface area (Å²) in [4.78, 5) is 2.43. The van der Waals surface area contributed by atoms with Crippen LogP contribution in [0.3, 0.4) is 0 Å². The van der Waals surface area contributed by atoms with Crippen molar-refractivity contribution < 1.29 is 0 Å². The van der Waals surface area contributed by atoms with Crippen LogP contribution in [0.15, 0.2) is 216 Å². The first-order chi connectivity index (χ1) is 24.3. The van der Waals surface area contributed by atoms with Gasteiger partial charge in [-0.3, -0.25) is 0 Å². The molecule has 8 aromatic rings. The van der Waals surface area contributed by atoms with Crippen LogP contribution in [-0.2, 0) is 0 Å². The summed E-state index contributed by atoms with van der Waals surface area (Å²) in [5, 5.41) is 0. The molecule has 0 radical (unpaired) electrons. The zero-order valence-electron chi connectivity index (χ0n) is 27.0. The lowest BCUT2D eigenvalue weighted by molar-refractivity contribution is 1.39.